The maximum Gasteiger partial charge on any atom is 0.323 e. The lowest BCUT2D eigenvalue weighted by atomic mass is 10.1. The Kier molecular flexibility index (Phi) is 3.87. The Morgan fingerprint density at radius 1 is 1.50 bits per heavy atom. The van der Waals surface area contributed by atoms with Crippen molar-refractivity contribution in [3.05, 3.63) is 5.82 Å². The fourth-order valence-corrected chi connectivity index (χ4v) is 1.50. The van der Waals surface area contributed by atoms with Crippen molar-refractivity contribution < 1.29 is 9.90 Å². The van der Waals surface area contributed by atoms with Gasteiger partial charge in [-0.1, -0.05) is 13.8 Å². The minimum Gasteiger partial charge on any atom is -0.480 e. The van der Waals surface area contributed by atoms with E-state index in [1.54, 1.807) is 11.9 Å². The predicted octanol–water partition coefficient (Wildman–Crippen LogP) is 0.534. The summed E-state index contributed by atoms with van der Waals surface area (Å²) in [4.78, 5) is 12.1. The average molecular weight is 226 g/mol. The zero-order valence-electron chi connectivity index (χ0n) is 10.1. The van der Waals surface area contributed by atoms with Gasteiger partial charge in [0.05, 0.1) is 0 Å². The molecule has 0 saturated heterocycles. The fourth-order valence-electron chi connectivity index (χ4n) is 1.50. The molecule has 0 aliphatic carbocycles. The average Bonchev–Trinajstić information content (AvgIpc) is 2.46. The van der Waals surface area contributed by atoms with E-state index in [9.17, 15) is 4.79 Å². The highest BCUT2D eigenvalue weighted by atomic mass is 16.4. The van der Waals surface area contributed by atoms with Gasteiger partial charge in [-0.2, -0.15) is 0 Å². The third-order valence-electron chi connectivity index (χ3n) is 2.25. The van der Waals surface area contributed by atoms with Crippen molar-refractivity contribution in [1.82, 2.24) is 14.8 Å². The van der Waals surface area contributed by atoms with Crippen LogP contribution in [0.3, 0.4) is 0 Å². The van der Waals surface area contributed by atoms with Crippen LogP contribution in [0.4, 0.5) is 5.95 Å². The molecule has 6 heteroatoms. The Bertz CT molecular complexity index is 373. The predicted molar refractivity (Wildman–Crippen MR) is 60.5 cm³/mol. The van der Waals surface area contributed by atoms with Crippen LogP contribution >= 0.6 is 0 Å². The Labute approximate surface area is 94.9 Å². The SMILES string of the molecule is CC(C)Cc1nnc(N(C)CC(=O)O)n1C. The van der Waals surface area contributed by atoms with Crippen LogP contribution in [0.15, 0.2) is 0 Å². The van der Waals surface area contributed by atoms with Crippen LogP contribution in [0.5, 0.6) is 0 Å². The summed E-state index contributed by atoms with van der Waals surface area (Å²) in [6, 6.07) is 0. The fraction of sp³-hybridized carbons (Fsp3) is 0.700. The molecule has 90 valence electrons. The molecule has 0 saturated carbocycles. The van der Waals surface area contributed by atoms with Crippen LogP contribution in [0.2, 0.25) is 0 Å². The highest BCUT2D eigenvalue weighted by Crippen LogP contribution is 2.12. The third kappa shape index (κ3) is 2.95. The molecule has 0 radical (unpaired) electrons. The number of carboxylic acid groups (broad SMARTS) is 1. The monoisotopic (exact) mass is 226 g/mol. The second kappa shape index (κ2) is 4.96. The second-order valence-electron chi connectivity index (χ2n) is 4.32. The summed E-state index contributed by atoms with van der Waals surface area (Å²) in [5, 5.41) is 16.7. The van der Waals surface area contributed by atoms with Gasteiger partial charge in [0.1, 0.15) is 12.4 Å². The molecule has 1 N–H and O–H groups in total. The molecule has 0 fully saturated rings. The zero-order valence-corrected chi connectivity index (χ0v) is 10.1. The molecule has 6 nitrogen and oxygen atoms in total. The van der Waals surface area contributed by atoms with E-state index in [-0.39, 0.29) is 6.54 Å². The van der Waals surface area contributed by atoms with Gasteiger partial charge in [0, 0.05) is 20.5 Å². The van der Waals surface area contributed by atoms with Crippen LogP contribution in [0, 0.1) is 5.92 Å². The highest BCUT2D eigenvalue weighted by molar-refractivity contribution is 5.72. The van der Waals surface area contributed by atoms with E-state index in [4.69, 9.17) is 5.11 Å². The maximum absolute atomic E-state index is 10.6. The maximum atomic E-state index is 10.6. The topological polar surface area (TPSA) is 71.2 Å². The number of hydrogen-bond donors (Lipinski definition) is 1. The minimum absolute atomic E-state index is 0.0757. The van der Waals surface area contributed by atoms with E-state index >= 15 is 0 Å². The van der Waals surface area contributed by atoms with Crippen LogP contribution in [-0.2, 0) is 18.3 Å². The Morgan fingerprint density at radius 2 is 2.12 bits per heavy atom. The molecule has 0 aromatic carbocycles. The number of likely N-dealkylation sites (N-methyl/N-ethyl adjacent to an activating group) is 1. The number of carbonyl (C=O) groups is 1. The van der Waals surface area contributed by atoms with Gasteiger partial charge in [-0.05, 0) is 5.92 Å². The molecule has 1 heterocycles. The van der Waals surface area contributed by atoms with Crippen LogP contribution in [-0.4, -0.2) is 39.4 Å². The van der Waals surface area contributed by atoms with Crippen molar-refractivity contribution >= 4 is 11.9 Å². The van der Waals surface area contributed by atoms with Gasteiger partial charge in [0.25, 0.3) is 0 Å². The smallest absolute Gasteiger partial charge is 0.323 e. The normalized spacial score (nSPS) is 10.8. The van der Waals surface area contributed by atoms with Gasteiger partial charge in [0.15, 0.2) is 0 Å². The molecule has 0 amide bonds. The van der Waals surface area contributed by atoms with E-state index in [0.29, 0.717) is 11.9 Å². The van der Waals surface area contributed by atoms with Crippen molar-refractivity contribution in [3.8, 4) is 0 Å². The minimum atomic E-state index is -0.879. The van der Waals surface area contributed by atoms with E-state index in [1.807, 2.05) is 11.6 Å². The van der Waals surface area contributed by atoms with E-state index in [1.165, 1.54) is 0 Å². The van der Waals surface area contributed by atoms with Crippen molar-refractivity contribution in [2.24, 2.45) is 13.0 Å². The number of aromatic nitrogens is 3. The highest BCUT2D eigenvalue weighted by Gasteiger charge is 2.15. The van der Waals surface area contributed by atoms with Crippen molar-refractivity contribution in [1.29, 1.82) is 0 Å². The first kappa shape index (κ1) is 12.5. The molecule has 0 spiro atoms. The van der Waals surface area contributed by atoms with Gasteiger partial charge in [-0.3, -0.25) is 4.79 Å². The summed E-state index contributed by atoms with van der Waals surface area (Å²) in [6.45, 7) is 4.14. The molecule has 0 aliphatic heterocycles. The largest absolute Gasteiger partial charge is 0.480 e. The van der Waals surface area contributed by atoms with Gasteiger partial charge in [0.2, 0.25) is 5.95 Å². The summed E-state index contributed by atoms with van der Waals surface area (Å²) in [5.41, 5.74) is 0. The molecule has 0 bridgehead atoms. The second-order valence-corrected chi connectivity index (χ2v) is 4.32. The van der Waals surface area contributed by atoms with Crippen molar-refractivity contribution in [2.75, 3.05) is 18.5 Å². The van der Waals surface area contributed by atoms with Gasteiger partial charge < -0.3 is 14.6 Å². The molecular weight excluding hydrogens is 208 g/mol. The molecule has 1 aromatic rings. The summed E-state index contributed by atoms with van der Waals surface area (Å²) >= 11 is 0. The molecule has 0 aliphatic rings. The van der Waals surface area contributed by atoms with E-state index in [0.717, 1.165) is 12.2 Å². The number of nitrogens with zero attached hydrogens (tertiary/aromatic N) is 4. The standard InChI is InChI=1S/C10H18N4O2/c1-7(2)5-8-11-12-10(14(8)4)13(3)6-9(15)16/h7H,5-6H2,1-4H3,(H,15,16). The first-order valence-electron chi connectivity index (χ1n) is 5.23. The van der Waals surface area contributed by atoms with Crippen LogP contribution in [0.25, 0.3) is 0 Å². The number of aliphatic carboxylic acids is 1. The summed E-state index contributed by atoms with van der Waals surface area (Å²) in [7, 11) is 3.54. The lowest BCUT2D eigenvalue weighted by Crippen LogP contribution is -2.27. The first-order valence-corrected chi connectivity index (χ1v) is 5.23. The zero-order chi connectivity index (χ0) is 12.3. The third-order valence-corrected chi connectivity index (χ3v) is 2.25. The van der Waals surface area contributed by atoms with Crippen molar-refractivity contribution in [2.45, 2.75) is 20.3 Å². The Balaban J connectivity index is 2.82. The summed E-state index contributed by atoms with van der Waals surface area (Å²) < 4.78 is 1.84. The molecular formula is C10H18N4O2. The van der Waals surface area contributed by atoms with Crippen molar-refractivity contribution in [3.63, 3.8) is 0 Å². The van der Waals surface area contributed by atoms with Gasteiger partial charge in [-0.15, -0.1) is 10.2 Å². The number of rotatable bonds is 5. The lowest BCUT2D eigenvalue weighted by molar-refractivity contribution is -0.135. The molecule has 1 rings (SSSR count). The number of anilines is 1. The van der Waals surface area contributed by atoms with E-state index in [2.05, 4.69) is 24.0 Å². The molecule has 16 heavy (non-hydrogen) atoms. The first-order chi connectivity index (χ1) is 7.41. The molecule has 0 atom stereocenters. The van der Waals surface area contributed by atoms with Gasteiger partial charge >= 0.3 is 5.97 Å². The van der Waals surface area contributed by atoms with Gasteiger partial charge in [-0.25, -0.2) is 0 Å². The lowest BCUT2D eigenvalue weighted by Gasteiger charge is -2.15. The Hall–Kier alpha value is -1.59. The van der Waals surface area contributed by atoms with Crippen LogP contribution in [0.1, 0.15) is 19.7 Å². The number of carboxylic acids is 1. The summed E-state index contributed by atoms with van der Waals surface area (Å²) in [5.74, 6) is 1.08. The van der Waals surface area contributed by atoms with Crippen LogP contribution < -0.4 is 4.90 Å². The quantitative estimate of drug-likeness (QED) is 0.793. The molecule has 1 aromatic heterocycles. The number of hydrogen-bond acceptors (Lipinski definition) is 4. The Morgan fingerprint density at radius 3 is 2.62 bits per heavy atom. The van der Waals surface area contributed by atoms with E-state index < -0.39 is 5.97 Å². The summed E-state index contributed by atoms with van der Waals surface area (Å²) in [6.07, 6.45) is 0.838. The molecule has 0 unspecified atom stereocenters.